The summed E-state index contributed by atoms with van der Waals surface area (Å²) in [5.74, 6) is -2.54. The van der Waals surface area contributed by atoms with Crippen molar-refractivity contribution >= 4 is 23.9 Å². The number of aliphatic carboxylic acids is 1. The Morgan fingerprint density at radius 3 is 2.29 bits per heavy atom. The van der Waals surface area contributed by atoms with Gasteiger partial charge in [-0.3, -0.25) is 14.4 Å². The largest absolute Gasteiger partial charge is 0.480 e. The average molecular weight is 290 g/mol. The van der Waals surface area contributed by atoms with E-state index in [2.05, 4.69) is 0 Å². The van der Waals surface area contributed by atoms with E-state index < -0.39 is 30.9 Å². The first-order chi connectivity index (χ1) is 9.92. The molecule has 0 spiro atoms. The summed E-state index contributed by atoms with van der Waals surface area (Å²) in [6.45, 7) is 1.05. The first-order valence-electron chi connectivity index (χ1n) is 6.48. The molecule has 6 nitrogen and oxygen atoms in total. The van der Waals surface area contributed by atoms with Crippen molar-refractivity contribution in [2.24, 2.45) is 5.73 Å². The van der Waals surface area contributed by atoms with Crippen LogP contribution in [-0.4, -0.2) is 40.9 Å². The Labute approximate surface area is 122 Å². The second-order valence-electron chi connectivity index (χ2n) is 4.48. The van der Waals surface area contributed by atoms with Gasteiger partial charge in [0.25, 0.3) is 0 Å². The van der Waals surface area contributed by atoms with Crippen molar-refractivity contribution < 1.29 is 19.5 Å². The maximum atomic E-state index is 11.9. The van der Waals surface area contributed by atoms with Crippen LogP contribution in [0.1, 0.15) is 18.1 Å². The maximum absolute atomic E-state index is 11.9. The molecular weight excluding hydrogens is 272 g/mol. The van der Waals surface area contributed by atoms with Crippen molar-refractivity contribution in [2.75, 3.05) is 13.1 Å². The number of carboxylic acid groups (broad SMARTS) is 1. The average Bonchev–Trinajstić information content (AvgIpc) is 2.43. The van der Waals surface area contributed by atoms with Gasteiger partial charge in [-0.1, -0.05) is 31.2 Å². The van der Waals surface area contributed by atoms with Gasteiger partial charge in [0, 0.05) is 6.08 Å². The van der Waals surface area contributed by atoms with Crippen LogP contribution in [0.3, 0.4) is 0 Å². The van der Waals surface area contributed by atoms with Crippen molar-refractivity contribution in [3.8, 4) is 0 Å². The maximum Gasteiger partial charge on any atom is 0.323 e. The molecule has 0 atom stereocenters. The highest BCUT2D eigenvalue weighted by atomic mass is 16.4. The monoisotopic (exact) mass is 290 g/mol. The molecule has 0 aliphatic heterocycles. The summed E-state index contributed by atoms with van der Waals surface area (Å²) in [7, 11) is 0. The molecule has 0 aromatic heterocycles. The Bertz CT molecular complexity index is 533. The fourth-order valence-electron chi connectivity index (χ4n) is 1.70. The van der Waals surface area contributed by atoms with Crippen LogP contribution >= 0.6 is 0 Å². The topological polar surface area (TPSA) is 101 Å². The molecule has 2 amide bonds. The second kappa shape index (κ2) is 7.84. The minimum Gasteiger partial charge on any atom is -0.480 e. The molecule has 1 aromatic rings. The lowest BCUT2D eigenvalue weighted by atomic mass is 10.1. The first-order valence-corrected chi connectivity index (χ1v) is 6.48. The molecule has 1 aromatic carbocycles. The predicted octanol–water partition coefficient (Wildman–Crippen LogP) is 0.661. The Hall–Kier alpha value is -2.63. The molecule has 0 aliphatic carbocycles. The number of carbonyl (C=O) groups excluding carboxylic acids is 2. The van der Waals surface area contributed by atoms with Gasteiger partial charge in [0.1, 0.15) is 13.1 Å². The van der Waals surface area contributed by atoms with E-state index in [1.807, 2.05) is 31.2 Å². The SMILES string of the molecule is CCc1ccc(/C=C/C(=O)N(CC(N)=O)CC(=O)O)cc1. The van der Waals surface area contributed by atoms with E-state index in [1.54, 1.807) is 6.08 Å². The van der Waals surface area contributed by atoms with E-state index in [0.717, 1.165) is 16.9 Å². The molecule has 6 heteroatoms. The third-order valence-corrected chi connectivity index (χ3v) is 2.79. The highest BCUT2D eigenvalue weighted by Gasteiger charge is 2.16. The van der Waals surface area contributed by atoms with Crippen LogP contribution in [0.4, 0.5) is 0 Å². The van der Waals surface area contributed by atoms with Crippen LogP contribution in [0.25, 0.3) is 6.08 Å². The number of primary amides is 1. The standard InChI is InChI=1S/C15H18N2O4/c1-2-11-3-5-12(6-4-11)7-8-14(19)17(9-13(16)18)10-15(20)21/h3-8H,2,9-10H2,1H3,(H2,16,18)(H,20,21)/b8-7+. The molecule has 112 valence electrons. The van der Waals surface area contributed by atoms with E-state index in [4.69, 9.17) is 10.8 Å². The molecule has 21 heavy (non-hydrogen) atoms. The van der Waals surface area contributed by atoms with Crippen LogP contribution in [0.2, 0.25) is 0 Å². The molecule has 0 fully saturated rings. The number of carbonyl (C=O) groups is 3. The number of rotatable bonds is 7. The molecular formula is C15H18N2O4. The van der Waals surface area contributed by atoms with Crippen molar-refractivity contribution in [1.82, 2.24) is 4.90 Å². The fraction of sp³-hybridized carbons (Fsp3) is 0.267. The second-order valence-corrected chi connectivity index (χ2v) is 4.48. The molecule has 0 saturated carbocycles. The number of benzene rings is 1. The van der Waals surface area contributed by atoms with Crippen molar-refractivity contribution in [2.45, 2.75) is 13.3 Å². The lowest BCUT2D eigenvalue weighted by Gasteiger charge is -2.16. The summed E-state index contributed by atoms with van der Waals surface area (Å²) in [6, 6.07) is 7.61. The summed E-state index contributed by atoms with van der Waals surface area (Å²) in [4.78, 5) is 34.3. The number of hydrogen-bond donors (Lipinski definition) is 2. The van der Waals surface area contributed by atoms with Crippen LogP contribution < -0.4 is 5.73 Å². The molecule has 3 N–H and O–H groups in total. The zero-order valence-electron chi connectivity index (χ0n) is 11.8. The molecule has 0 saturated heterocycles. The van der Waals surface area contributed by atoms with Gasteiger partial charge in [-0.25, -0.2) is 0 Å². The highest BCUT2D eigenvalue weighted by molar-refractivity contribution is 5.95. The summed E-state index contributed by atoms with van der Waals surface area (Å²) in [5.41, 5.74) is 6.99. The Balaban J connectivity index is 2.76. The van der Waals surface area contributed by atoms with Gasteiger partial charge in [-0.15, -0.1) is 0 Å². The molecule has 0 heterocycles. The highest BCUT2D eigenvalue weighted by Crippen LogP contribution is 2.07. The molecule has 1 rings (SSSR count). The summed E-state index contributed by atoms with van der Waals surface area (Å²) in [6.07, 6.45) is 3.72. The lowest BCUT2D eigenvalue weighted by Crippen LogP contribution is -2.40. The summed E-state index contributed by atoms with van der Waals surface area (Å²) >= 11 is 0. The van der Waals surface area contributed by atoms with Crippen molar-refractivity contribution in [3.05, 3.63) is 41.5 Å². The van der Waals surface area contributed by atoms with E-state index in [9.17, 15) is 14.4 Å². The lowest BCUT2D eigenvalue weighted by molar-refractivity contribution is -0.143. The number of hydrogen-bond acceptors (Lipinski definition) is 3. The number of carboxylic acids is 1. The minimum atomic E-state index is -1.20. The van der Waals surface area contributed by atoms with Gasteiger partial charge in [-0.05, 0) is 23.6 Å². The zero-order valence-corrected chi connectivity index (χ0v) is 11.8. The zero-order chi connectivity index (χ0) is 15.8. The van der Waals surface area contributed by atoms with Gasteiger partial charge in [0.05, 0.1) is 0 Å². The number of nitrogens with zero attached hydrogens (tertiary/aromatic N) is 1. The van der Waals surface area contributed by atoms with Crippen LogP contribution in [0, 0.1) is 0 Å². The molecule has 0 unspecified atom stereocenters. The first kappa shape index (κ1) is 16.4. The number of aryl methyl sites for hydroxylation is 1. The van der Waals surface area contributed by atoms with Gasteiger partial charge < -0.3 is 15.7 Å². The predicted molar refractivity (Wildman–Crippen MR) is 78.3 cm³/mol. The Morgan fingerprint density at radius 1 is 1.19 bits per heavy atom. The fourth-order valence-corrected chi connectivity index (χ4v) is 1.70. The third kappa shape index (κ3) is 5.90. The van der Waals surface area contributed by atoms with Gasteiger partial charge in [-0.2, -0.15) is 0 Å². The quantitative estimate of drug-likeness (QED) is 0.720. The van der Waals surface area contributed by atoms with Gasteiger partial charge >= 0.3 is 5.97 Å². The summed E-state index contributed by atoms with van der Waals surface area (Å²) in [5, 5.41) is 8.72. The Morgan fingerprint density at radius 2 is 1.81 bits per heavy atom. The van der Waals surface area contributed by atoms with E-state index in [1.165, 1.54) is 11.6 Å². The Kier molecular flexibility index (Phi) is 6.13. The van der Waals surface area contributed by atoms with Crippen LogP contribution in [0.15, 0.2) is 30.3 Å². The molecule has 0 bridgehead atoms. The van der Waals surface area contributed by atoms with E-state index in [-0.39, 0.29) is 0 Å². The number of amides is 2. The minimum absolute atomic E-state index is 0.426. The summed E-state index contributed by atoms with van der Waals surface area (Å²) < 4.78 is 0. The van der Waals surface area contributed by atoms with Gasteiger partial charge in [0.2, 0.25) is 11.8 Å². The third-order valence-electron chi connectivity index (χ3n) is 2.79. The van der Waals surface area contributed by atoms with Gasteiger partial charge in [0.15, 0.2) is 0 Å². The van der Waals surface area contributed by atoms with Crippen molar-refractivity contribution in [3.63, 3.8) is 0 Å². The van der Waals surface area contributed by atoms with E-state index >= 15 is 0 Å². The van der Waals surface area contributed by atoms with Crippen LogP contribution in [0.5, 0.6) is 0 Å². The van der Waals surface area contributed by atoms with Crippen molar-refractivity contribution in [1.29, 1.82) is 0 Å². The van der Waals surface area contributed by atoms with Crippen LogP contribution in [-0.2, 0) is 20.8 Å². The molecule has 0 radical (unpaired) electrons. The smallest absolute Gasteiger partial charge is 0.323 e. The molecule has 0 aliphatic rings. The normalized spacial score (nSPS) is 10.5. The number of nitrogens with two attached hydrogens (primary N) is 1. The van der Waals surface area contributed by atoms with E-state index in [0.29, 0.717) is 0 Å².